The Bertz CT molecular complexity index is 458. The van der Waals surface area contributed by atoms with Crippen LogP contribution in [0.3, 0.4) is 0 Å². The molecule has 1 amide bonds. The Morgan fingerprint density at radius 1 is 1.35 bits per heavy atom. The van der Waals surface area contributed by atoms with Gasteiger partial charge in [-0.1, -0.05) is 0 Å². The molecular formula is C18H33NO2SeSi. The molecule has 1 aliphatic rings. The molecule has 23 heavy (non-hydrogen) atoms. The van der Waals surface area contributed by atoms with Crippen LogP contribution in [0.2, 0.25) is 23.5 Å². The van der Waals surface area contributed by atoms with Gasteiger partial charge in [-0.2, -0.15) is 0 Å². The molecule has 1 heterocycles. The molecule has 1 unspecified atom stereocenters. The standard InChI is InChI=1S/C18H33NO2SeSi/c1-10-12-22-17-15(16(20)19(17)13(3)11-2)14(4)21-23(8,9)18(5,6)7/h10-11,13-15,17H,1-2,12H2,3-9H3/t13?,14-,15+,17-/m1/s1. The molecule has 3 nitrogen and oxygen atoms in total. The Balaban J connectivity index is 2.89. The van der Waals surface area contributed by atoms with E-state index in [0.29, 0.717) is 19.9 Å². The number of hydrogen-bond donors (Lipinski definition) is 0. The van der Waals surface area contributed by atoms with Gasteiger partial charge in [-0.05, 0) is 0 Å². The van der Waals surface area contributed by atoms with E-state index in [4.69, 9.17) is 4.43 Å². The van der Waals surface area contributed by atoms with Gasteiger partial charge in [0, 0.05) is 0 Å². The van der Waals surface area contributed by atoms with E-state index in [2.05, 4.69) is 53.9 Å². The Morgan fingerprint density at radius 2 is 1.91 bits per heavy atom. The van der Waals surface area contributed by atoms with Crippen molar-refractivity contribution >= 4 is 29.2 Å². The van der Waals surface area contributed by atoms with Crippen LogP contribution in [0.4, 0.5) is 0 Å². The first-order valence-corrected chi connectivity index (χ1v) is 13.4. The van der Waals surface area contributed by atoms with E-state index in [1.165, 1.54) is 0 Å². The Kier molecular flexibility index (Phi) is 6.92. The van der Waals surface area contributed by atoms with Gasteiger partial charge < -0.3 is 0 Å². The van der Waals surface area contributed by atoms with Crippen LogP contribution < -0.4 is 0 Å². The first kappa shape index (κ1) is 20.7. The molecule has 132 valence electrons. The Labute approximate surface area is 149 Å². The van der Waals surface area contributed by atoms with Crippen molar-refractivity contribution in [1.82, 2.24) is 4.90 Å². The zero-order valence-electron chi connectivity index (χ0n) is 15.8. The maximum absolute atomic E-state index is 12.7. The molecule has 0 aromatic carbocycles. The van der Waals surface area contributed by atoms with Crippen LogP contribution in [-0.4, -0.2) is 51.2 Å². The first-order chi connectivity index (χ1) is 10.5. The van der Waals surface area contributed by atoms with E-state index in [1.54, 1.807) is 0 Å². The summed E-state index contributed by atoms with van der Waals surface area (Å²) in [6, 6.07) is 0.0931. The minimum absolute atomic E-state index is 0.00789. The number of hydrogen-bond acceptors (Lipinski definition) is 2. The molecule has 1 fully saturated rings. The zero-order valence-corrected chi connectivity index (χ0v) is 18.5. The summed E-state index contributed by atoms with van der Waals surface area (Å²) >= 11 is 0.336. The van der Waals surface area contributed by atoms with Crippen molar-refractivity contribution in [2.75, 3.05) is 0 Å². The quantitative estimate of drug-likeness (QED) is 0.348. The normalized spacial score (nSPS) is 24.8. The summed E-state index contributed by atoms with van der Waals surface area (Å²) in [6.45, 7) is 23.0. The summed E-state index contributed by atoms with van der Waals surface area (Å²) in [5.74, 6) is 0.214. The maximum atomic E-state index is 12.7. The number of nitrogens with zero attached hydrogens (tertiary/aromatic N) is 1. The fourth-order valence-corrected chi connectivity index (χ4v) is 6.78. The van der Waals surface area contributed by atoms with Gasteiger partial charge >= 0.3 is 150 Å². The fourth-order valence-electron chi connectivity index (χ4n) is 2.55. The van der Waals surface area contributed by atoms with E-state index >= 15 is 0 Å². The zero-order chi connectivity index (χ0) is 18.0. The average Bonchev–Trinajstić information content (AvgIpc) is 2.41. The molecule has 5 heteroatoms. The van der Waals surface area contributed by atoms with Crippen molar-refractivity contribution in [2.45, 2.75) is 75.2 Å². The van der Waals surface area contributed by atoms with Gasteiger partial charge in [-0.25, -0.2) is 0 Å². The molecule has 0 radical (unpaired) electrons. The van der Waals surface area contributed by atoms with E-state index < -0.39 is 8.32 Å². The molecule has 0 spiro atoms. The molecule has 0 bridgehead atoms. The first-order valence-electron chi connectivity index (χ1n) is 8.33. The minimum atomic E-state index is -1.87. The van der Waals surface area contributed by atoms with Gasteiger partial charge in [0.25, 0.3) is 0 Å². The van der Waals surface area contributed by atoms with Gasteiger partial charge in [-0.3, -0.25) is 0 Å². The van der Waals surface area contributed by atoms with E-state index in [0.717, 1.165) is 5.32 Å². The summed E-state index contributed by atoms with van der Waals surface area (Å²) in [7, 11) is -1.87. The molecule has 0 aromatic rings. The number of carbonyl (C=O) groups is 1. The second kappa shape index (κ2) is 7.69. The van der Waals surface area contributed by atoms with Crippen LogP contribution in [-0.2, 0) is 9.22 Å². The Morgan fingerprint density at radius 3 is 2.35 bits per heavy atom. The van der Waals surface area contributed by atoms with Crippen LogP contribution in [0.5, 0.6) is 0 Å². The Hall–Kier alpha value is -0.354. The van der Waals surface area contributed by atoms with Crippen LogP contribution in [0.1, 0.15) is 34.6 Å². The number of β-lactam (4-membered cyclic amide) rings is 1. The number of carbonyl (C=O) groups excluding carboxylic acids is 1. The number of likely N-dealkylation sites (tertiary alicyclic amines) is 1. The molecule has 4 atom stereocenters. The summed E-state index contributed by atoms with van der Waals surface area (Å²) in [5, 5.41) is 1.14. The SMILES string of the molecule is C=CC[Se][C@@H]1[C@@H]([C@@H](C)O[Si](C)(C)C(C)(C)C)C(=O)N1C(C)C=C. The predicted octanol–water partition coefficient (Wildman–Crippen LogP) is 4.06. The third kappa shape index (κ3) is 4.39. The van der Waals surface area contributed by atoms with Crippen molar-refractivity contribution in [1.29, 1.82) is 0 Å². The summed E-state index contributed by atoms with van der Waals surface area (Å²) in [4.78, 5) is 15.0. The molecule has 1 rings (SSSR count). The van der Waals surface area contributed by atoms with Crippen LogP contribution >= 0.6 is 0 Å². The van der Waals surface area contributed by atoms with Gasteiger partial charge in [0.05, 0.1) is 0 Å². The van der Waals surface area contributed by atoms with Crippen molar-refractivity contribution in [3.05, 3.63) is 25.3 Å². The van der Waals surface area contributed by atoms with Gasteiger partial charge in [0.2, 0.25) is 0 Å². The van der Waals surface area contributed by atoms with E-state index in [-0.39, 0.29) is 29.0 Å². The summed E-state index contributed by atoms with van der Waals surface area (Å²) in [5.41, 5.74) is 0. The van der Waals surface area contributed by atoms with E-state index in [9.17, 15) is 4.79 Å². The predicted molar refractivity (Wildman–Crippen MR) is 102 cm³/mol. The second-order valence-corrected chi connectivity index (χ2v) is 15.0. The topological polar surface area (TPSA) is 29.5 Å². The molecular weight excluding hydrogens is 369 g/mol. The van der Waals surface area contributed by atoms with E-state index in [1.807, 2.05) is 24.0 Å². The molecule has 0 saturated carbocycles. The molecule has 1 saturated heterocycles. The monoisotopic (exact) mass is 403 g/mol. The molecule has 1 aliphatic heterocycles. The van der Waals surface area contributed by atoms with Crippen molar-refractivity contribution in [3.63, 3.8) is 0 Å². The second-order valence-electron chi connectivity index (χ2n) is 7.84. The van der Waals surface area contributed by atoms with Gasteiger partial charge in [0.15, 0.2) is 0 Å². The van der Waals surface area contributed by atoms with Crippen molar-refractivity contribution in [2.24, 2.45) is 5.92 Å². The van der Waals surface area contributed by atoms with Gasteiger partial charge in [-0.15, -0.1) is 0 Å². The van der Waals surface area contributed by atoms with Gasteiger partial charge in [0.1, 0.15) is 0 Å². The van der Waals surface area contributed by atoms with Crippen LogP contribution in [0.15, 0.2) is 25.3 Å². The van der Waals surface area contributed by atoms with Crippen molar-refractivity contribution in [3.8, 4) is 0 Å². The fraction of sp³-hybridized carbons (Fsp3) is 0.722. The number of amides is 1. The summed E-state index contributed by atoms with van der Waals surface area (Å²) < 4.78 is 6.50. The third-order valence-corrected chi connectivity index (χ3v) is 12.4. The molecule has 0 aromatic heterocycles. The van der Waals surface area contributed by atoms with Crippen LogP contribution in [0.25, 0.3) is 0 Å². The molecule has 0 aliphatic carbocycles. The third-order valence-electron chi connectivity index (χ3n) is 5.08. The molecule has 0 N–H and O–H groups in total. The number of rotatable bonds is 8. The van der Waals surface area contributed by atoms with Crippen molar-refractivity contribution < 1.29 is 9.22 Å². The summed E-state index contributed by atoms with van der Waals surface area (Å²) in [6.07, 6.45) is 3.79. The average molecular weight is 403 g/mol. The number of allylic oxidation sites excluding steroid dienone is 1. The van der Waals surface area contributed by atoms with Crippen LogP contribution in [0, 0.1) is 5.92 Å².